The molecule has 0 saturated heterocycles. The molecule has 7 nitrogen and oxygen atoms in total. The molecule has 0 spiro atoms. The highest BCUT2D eigenvalue weighted by atomic mass is 32.2. The molecule has 0 aliphatic heterocycles. The quantitative estimate of drug-likeness (QED) is 0.658. The van der Waals surface area contributed by atoms with Crippen molar-refractivity contribution in [2.24, 2.45) is 5.14 Å². The second-order valence-corrected chi connectivity index (χ2v) is 5.47. The molecule has 0 saturated carbocycles. The van der Waals surface area contributed by atoms with Gasteiger partial charge in [0.25, 0.3) is 0 Å². The molecule has 2 amide bonds. The summed E-state index contributed by atoms with van der Waals surface area (Å²) >= 11 is 0. The van der Waals surface area contributed by atoms with Crippen molar-refractivity contribution in [1.82, 2.24) is 10.8 Å². The van der Waals surface area contributed by atoms with Crippen LogP contribution < -0.4 is 15.9 Å². The molecular formula is C10H15N3O4S. The van der Waals surface area contributed by atoms with Gasteiger partial charge in [-0.1, -0.05) is 30.3 Å². The average molecular weight is 273 g/mol. The Morgan fingerprint density at radius 1 is 1.39 bits per heavy atom. The molecule has 0 heterocycles. The fourth-order valence-electron chi connectivity index (χ4n) is 1.06. The summed E-state index contributed by atoms with van der Waals surface area (Å²) in [5.74, 6) is 0. The van der Waals surface area contributed by atoms with E-state index in [1.165, 1.54) is 6.92 Å². The Morgan fingerprint density at radius 2 is 2.00 bits per heavy atom. The van der Waals surface area contributed by atoms with Crippen molar-refractivity contribution in [3.05, 3.63) is 35.9 Å². The molecule has 0 aliphatic carbocycles. The molecule has 4 N–H and O–H groups in total. The van der Waals surface area contributed by atoms with Gasteiger partial charge in [0.05, 0.1) is 6.61 Å². The number of hydroxylamine groups is 1. The molecule has 0 bridgehead atoms. The first-order valence-corrected chi connectivity index (χ1v) is 6.74. The lowest BCUT2D eigenvalue weighted by molar-refractivity contribution is 0.0489. The van der Waals surface area contributed by atoms with Crippen LogP contribution in [0.25, 0.3) is 0 Å². The second-order valence-electron chi connectivity index (χ2n) is 3.58. The van der Waals surface area contributed by atoms with E-state index in [1.807, 2.05) is 30.3 Å². The number of hydrogen-bond donors (Lipinski definition) is 3. The van der Waals surface area contributed by atoms with Crippen molar-refractivity contribution in [2.45, 2.75) is 18.9 Å². The Balaban J connectivity index is 2.30. The number of primary sulfonamides is 1. The highest BCUT2D eigenvalue weighted by molar-refractivity contribution is 7.89. The standard InChI is InChI=1S/C10H15N3O4S/c1-8(18(11,15)16)12-10(14)13-17-7-9-5-3-2-4-6-9/h2-6,8H,7H2,1H3,(H2,11,15,16)(H2,12,13,14). The topological polar surface area (TPSA) is 111 Å². The minimum atomic E-state index is -3.80. The summed E-state index contributed by atoms with van der Waals surface area (Å²) in [7, 11) is -3.80. The van der Waals surface area contributed by atoms with E-state index < -0.39 is 21.4 Å². The van der Waals surface area contributed by atoms with E-state index >= 15 is 0 Å². The normalized spacial score (nSPS) is 12.8. The maximum absolute atomic E-state index is 11.2. The van der Waals surface area contributed by atoms with E-state index in [0.717, 1.165) is 5.56 Å². The molecule has 1 aromatic rings. The van der Waals surface area contributed by atoms with Crippen LogP contribution in [0.2, 0.25) is 0 Å². The zero-order valence-corrected chi connectivity index (χ0v) is 10.6. The Morgan fingerprint density at radius 3 is 2.56 bits per heavy atom. The van der Waals surface area contributed by atoms with E-state index in [9.17, 15) is 13.2 Å². The van der Waals surface area contributed by atoms with Gasteiger partial charge in [-0.3, -0.25) is 4.84 Å². The molecule has 1 atom stereocenters. The number of carbonyl (C=O) groups excluding carboxylic acids is 1. The summed E-state index contributed by atoms with van der Waals surface area (Å²) in [6.07, 6.45) is 0. The van der Waals surface area contributed by atoms with Crippen LogP contribution in [0.5, 0.6) is 0 Å². The fraction of sp³-hybridized carbons (Fsp3) is 0.300. The Kier molecular flexibility index (Phi) is 5.08. The van der Waals surface area contributed by atoms with E-state index in [4.69, 9.17) is 9.98 Å². The van der Waals surface area contributed by atoms with E-state index in [0.29, 0.717) is 0 Å². The van der Waals surface area contributed by atoms with Crippen molar-refractivity contribution in [3.8, 4) is 0 Å². The molecule has 0 aromatic heterocycles. The van der Waals surface area contributed by atoms with Gasteiger partial charge in [-0.05, 0) is 12.5 Å². The smallest absolute Gasteiger partial charge is 0.319 e. The number of nitrogens with one attached hydrogen (secondary N) is 2. The summed E-state index contributed by atoms with van der Waals surface area (Å²) < 4.78 is 21.7. The number of urea groups is 1. The predicted octanol–water partition coefficient (Wildman–Crippen LogP) is 0.0519. The van der Waals surface area contributed by atoms with Gasteiger partial charge in [0, 0.05) is 0 Å². The zero-order valence-electron chi connectivity index (χ0n) is 9.79. The Bertz CT molecular complexity index is 489. The molecule has 8 heteroatoms. The molecule has 100 valence electrons. The van der Waals surface area contributed by atoms with E-state index in [2.05, 4.69) is 10.8 Å². The van der Waals surface area contributed by atoms with Gasteiger partial charge < -0.3 is 5.32 Å². The van der Waals surface area contributed by atoms with Crippen molar-refractivity contribution in [3.63, 3.8) is 0 Å². The molecule has 0 fully saturated rings. The third-order valence-corrected chi connectivity index (χ3v) is 3.18. The highest BCUT2D eigenvalue weighted by Gasteiger charge is 2.17. The van der Waals surface area contributed by atoms with Crippen LogP contribution in [0.4, 0.5) is 4.79 Å². The predicted molar refractivity (Wildman–Crippen MR) is 65.5 cm³/mol. The fourth-order valence-corrected chi connectivity index (χ4v) is 1.33. The molecule has 18 heavy (non-hydrogen) atoms. The van der Waals surface area contributed by atoms with Crippen LogP contribution in [0.15, 0.2) is 30.3 Å². The molecular weight excluding hydrogens is 258 g/mol. The Labute approximate surface area is 105 Å². The van der Waals surface area contributed by atoms with Gasteiger partial charge >= 0.3 is 6.03 Å². The number of benzene rings is 1. The monoisotopic (exact) mass is 273 g/mol. The number of rotatable bonds is 5. The molecule has 0 aliphatic rings. The lowest BCUT2D eigenvalue weighted by atomic mass is 10.2. The third-order valence-electron chi connectivity index (χ3n) is 2.07. The summed E-state index contributed by atoms with van der Waals surface area (Å²) in [5, 5.41) is 5.77. The first-order chi connectivity index (χ1) is 8.39. The summed E-state index contributed by atoms with van der Waals surface area (Å²) in [6, 6.07) is 8.41. The van der Waals surface area contributed by atoms with Crippen LogP contribution >= 0.6 is 0 Å². The number of carbonyl (C=O) groups is 1. The van der Waals surface area contributed by atoms with Crippen molar-refractivity contribution < 1.29 is 18.0 Å². The first-order valence-electron chi connectivity index (χ1n) is 5.13. The first kappa shape index (κ1) is 14.4. The van der Waals surface area contributed by atoms with E-state index in [1.54, 1.807) is 0 Å². The van der Waals surface area contributed by atoms with Crippen molar-refractivity contribution in [1.29, 1.82) is 0 Å². The summed E-state index contributed by atoms with van der Waals surface area (Å²) in [4.78, 5) is 16.1. The largest absolute Gasteiger partial charge is 0.339 e. The number of nitrogens with two attached hydrogens (primary N) is 1. The average Bonchev–Trinajstić information content (AvgIpc) is 2.29. The molecule has 1 rings (SSSR count). The summed E-state index contributed by atoms with van der Waals surface area (Å²) in [6.45, 7) is 1.43. The minimum Gasteiger partial charge on any atom is -0.319 e. The Hall–Kier alpha value is -1.64. The van der Waals surface area contributed by atoms with Crippen LogP contribution in [-0.2, 0) is 21.5 Å². The van der Waals surface area contributed by atoms with Gasteiger partial charge in [0.1, 0.15) is 5.37 Å². The number of amides is 2. The third kappa shape index (κ3) is 5.13. The van der Waals surface area contributed by atoms with Crippen LogP contribution in [-0.4, -0.2) is 19.8 Å². The van der Waals surface area contributed by atoms with Gasteiger partial charge in [-0.15, -0.1) is 0 Å². The molecule has 1 aromatic carbocycles. The van der Waals surface area contributed by atoms with Crippen molar-refractivity contribution >= 4 is 16.1 Å². The zero-order chi connectivity index (χ0) is 13.6. The number of sulfonamides is 1. The van der Waals surface area contributed by atoms with E-state index in [-0.39, 0.29) is 6.61 Å². The van der Waals surface area contributed by atoms with Gasteiger partial charge in [0.2, 0.25) is 10.0 Å². The lowest BCUT2D eigenvalue weighted by Gasteiger charge is -2.12. The lowest BCUT2D eigenvalue weighted by Crippen LogP contribution is -2.46. The second kappa shape index (κ2) is 6.34. The molecule has 0 radical (unpaired) electrons. The number of hydrogen-bond acceptors (Lipinski definition) is 4. The van der Waals surface area contributed by atoms with Crippen LogP contribution in [0.1, 0.15) is 12.5 Å². The minimum absolute atomic E-state index is 0.179. The van der Waals surface area contributed by atoms with Gasteiger partial charge in [-0.2, -0.15) is 0 Å². The summed E-state index contributed by atoms with van der Waals surface area (Å²) in [5.41, 5.74) is 2.94. The highest BCUT2D eigenvalue weighted by Crippen LogP contribution is 1.98. The van der Waals surface area contributed by atoms with Gasteiger partial charge in [-0.25, -0.2) is 23.8 Å². The van der Waals surface area contributed by atoms with Crippen LogP contribution in [0, 0.1) is 0 Å². The van der Waals surface area contributed by atoms with Crippen molar-refractivity contribution in [2.75, 3.05) is 0 Å². The SMILES string of the molecule is CC(NC(=O)NOCc1ccccc1)S(N)(=O)=O. The van der Waals surface area contributed by atoms with Gasteiger partial charge in [0.15, 0.2) is 0 Å². The molecule has 1 unspecified atom stereocenters. The maximum Gasteiger partial charge on any atom is 0.339 e. The van der Waals surface area contributed by atoms with Crippen LogP contribution in [0.3, 0.4) is 0 Å². The maximum atomic E-state index is 11.2.